The molecule has 2 atom stereocenters. The second-order valence-corrected chi connectivity index (χ2v) is 4.73. The molecular weight excluding hydrogens is 278 g/mol. The maximum absolute atomic E-state index is 12.8. The van der Waals surface area contributed by atoms with E-state index in [1.807, 2.05) is 0 Å². The molecule has 1 saturated heterocycles. The summed E-state index contributed by atoms with van der Waals surface area (Å²) in [6.07, 6.45) is -7.40. The summed E-state index contributed by atoms with van der Waals surface area (Å²) in [6.45, 7) is 0.348. The number of rotatable bonds is 3. The summed E-state index contributed by atoms with van der Waals surface area (Å²) in [5.41, 5.74) is 0.706. The zero-order valence-electron chi connectivity index (χ0n) is 10.6. The third-order valence-corrected chi connectivity index (χ3v) is 3.20. The van der Waals surface area contributed by atoms with Crippen molar-refractivity contribution < 1.29 is 27.4 Å². The Labute approximate surface area is 113 Å². The summed E-state index contributed by atoms with van der Waals surface area (Å²) in [5.74, 6) is -0.381. The number of halogens is 4. The van der Waals surface area contributed by atoms with Gasteiger partial charge >= 0.3 is 6.18 Å². The molecule has 7 heteroatoms. The lowest BCUT2D eigenvalue weighted by atomic mass is 10.1. The molecular formula is C13H15F4NO2. The first-order valence-corrected chi connectivity index (χ1v) is 6.20. The van der Waals surface area contributed by atoms with Crippen molar-refractivity contribution in [2.45, 2.75) is 18.4 Å². The molecule has 20 heavy (non-hydrogen) atoms. The smallest absolute Gasteiger partial charge is 0.382 e. The lowest BCUT2D eigenvalue weighted by Gasteiger charge is -2.34. The maximum atomic E-state index is 12.8. The normalized spacial score (nSPS) is 22.8. The molecule has 112 valence electrons. The number of β-amino-alcohol motifs (C(OH)–C–C–N with tert-alkyl or cyclic N) is 1. The molecule has 1 heterocycles. The predicted octanol–water partition coefficient (Wildman–Crippen LogP) is 2.12. The summed E-state index contributed by atoms with van der Waals surface area (Å²) in [5, 5.41) is 9.07. The molecule has 0 spiro atoms. The maximum Gasteiger partial charge on any atom is 0.415 e. The summed E-state index contributed by atoms with van der Waals surface area (Å²) < 4.78 is 55.3. The first kappa shape index (κ1) is 15.2. The Bertz CT molecular complexity index is 435. The molecule has 0 amide bonds. The highest BCUT2D eigenvalue weighted by molar-refractivity contribution is 5.19. The molecule has 1 aliphatic heterocycles. The minimum atomic E-state index is -4.62. The van der Waals surface area contributed by atoms with E-state index in [1.54, 1.807) is 12.1 Å². The van der Waals surface area contributed by atoms with E-state index in [2.05, 4.69) is 0 Å². The van der Waals surface area contributed by atoms with Crippen LogP contribution in [0.1, 0.15) is 11.7 Å². The largest absolute Gasteiger partial charge is 0.415 e. The van der Waals surface area contributed by atoms with Gasteiger partial charge in [-0.2, -0.15) is 13.2 Å². The van der Waals surface area contributed by atoms with Gasteiger partial charge in [0.1, 0.15) is 5.82 Å². The SMILES string of the molecule is OC(CN1CCO[C@@H](c2ccc(F)cc2)C1)C(F)(F)F. The molecule has 2 rings (SSSR count). The number of aliphatic hydroxyl groups is 1. The highest BCUT2D eigenvalue weighted by atomic mass is 19.4. The van der Waals surface area contributed by atoms with Gasteiger partial charge < -0.3 is 9.84 Å². The van der Waals surface area contributed by atoms with E-state index in [1.165, 1.54) is 17.0 Å². The van der Waals surface area contributed by atoms with Crippen molar-refractivity contribution in [1.29, 1.82) is 0 Å². The van der Waals surface area contributed by atoms with Gasteiger partial charge in [-0.05, 0) is 17.7 Å². The van der Waals surface area contributed by atoms with Crippen LogP contribution in [0, 0.1) is 5.82 Å². The van der Waals surface area contributed by atoms with Gasteiger partial charge in [-0.1, -0.05) is 12.1 Å². The van der Waals surface area contributed by atoms with Crippen molar-refractivity contribution in [3.8, 4) is 0 Å². The van der Waals surface area contributed by atoms with Gasteiger partial charge in [0.25, 0.3) is 0 Å². The van der Waals surface area contributed by atoms with Crippen molar-refractivity contribution in [2.75, 3.05) is 26.2 Å². The second kappa shape index (κ2) is 6.07. The van der Waals surface area contributed by atoms with Crippen LogP contribution in [0.4, 0.5) is 17.6 Å². The van der Waals surface area contributed by atoms with E-state index in [-0.39, 0.29) is 19.0 Å². The van der Waals surface area contributed by atoms with Crippen LogP contribution in [0.5, 0.6) is 0 Å². The van der Waals surface area contributed by atoms with Crippen LogP contribution in [0.25, 0.3) is 0 Å². The summed E-state index contributed by atoms with van der Waals surface area (Å²) in [4.78, 5) is 1.50. The zero-order chi connectivity index (χ0) is 14.8. The monoisotopic (exact) mass is 293 g/mol. The van der Waals surface area contributed by atoms with Crippen LogP contribution < -0.4 is 0 Å². The Morgan fingerprint density at radius 2 is 1.95 bits per heavy atom. The number of hydrogen-bond acceptors (Lipinski definition) is 3. The van der Waals surface area contributed by atoms with Gasteiger partial charge in [-0.15, -0.1) is 0 Å². The minimum absolute atomic E-state index is 0.235. The molecule has 1 aromatic carbocycles. The van der Waals surface area contributed by atoms with E-state index in [0.717, 1.165) is 0 Å². The fourth-order valence-electron chi connectivity index (χ4n) is 2.10. The molecule has 1 unspecified atom stereocenters. The van der Waals surface area contributed by atoms with Crippen LogP contribution in [-0.4, -0.2) is 48.5 Å². The van der Waals surface area contributed by atoms with Gasteiger partial charge in [0, 0.05) is 19.6 Å². The first-order valence-electron chi connectivity index (χ1n) is 6.20. The fourth-order valence-corrected chi connectivity index (χ4v) is 2.10. The summed E-state index contributed by atoms with van der Waals surface area (Å²) in [7, 11) is 0. The second-order valence-electron chi connectivity index (χ2n) is 4.73. The molecule has 0 aliphatic carbocycles. The summed E-state index contributed by atoms with van der Waals surface area (Å²) >= 11 is 0. The van der Waals surface area contributed by atoms with Crippen LogP contribution in [0.2, 0.25) is 0 Å². The van der Waals surface area contributed by atoms with E-state index < -0.39 is 24.9 Å². The lowest BCUT2D eigenvalue weighted by molar-refractivity contribution is -0.211. The van der Waals surface area contributed by atoms with E-state index >= 15 is 0 Å². The zero-order valence-corrected chi connectivity index (χ0v) is 10.6. The van der Waals surface area contributed by atoms with E-state index in [9.17, 15) is 17.6 Å². The van der Waals surface area contributed by atoms with E-state index in [4.69, 9.17) is 9.84 Å². The third kappa shape index (κ3) is 3.91. The number of hydrogen-bond donors (Lipinski definition) is 1. The number of aliphatic hydroxyl groups excluding tert-OH is 1. The molecule has 0 bridgehead atoms. The molecule has 0 saturated carbocycles. The predicted molar refractivity (Wildman–Crippen MR) is 63.6 cm³/mol. The molecule has 3 nitrogen and oxygen atoms in total. The first-order chi connectivity index (χ1) is 9.36. The van der Waals surface area contributed by atoms with Crippen LogP contribution in [0.3, 0.4) is 0 Å². The Morgan fingerprint density at radius 3 is 2.55 bits per heavy atom. The molecule has 0 aromatic heterocycles. The van der Waals surface area contributed by atoms with Gasteiger partial charge in [0.05, 0.1) is 12.7 Å². The number of morpholine rings is 1. The Morgan fingerprint density at radius 1 is 1.30 bits per heavy atom. The number of benzene rings is 1. The Balaban J connectivity index is 1.96. The molecule has 1 fully saturated rings. The molecule has 1 aromatic rings. The molecule has 1 N–H and O–H groups in total. The average Bonchev–Trinajstić information content (AvgIpc) is 2.39. The minimum Gasteiger partial charge on any atom is -0.382 e. The standard InChI is InChI=1S/C13H15F4NO2/c14-10-3-1-9(2-4-10)11-7-18(5-6-20-11)8-12(19)13(15,16)17/h1-4,11-12,19H,5-8H2/t11-,12?/m1/s1. The van der Waals surface area contributed by atoms with Gasteiger partial charge in [0.2, 0.25) is 0 Å². The highest BCUT2D eigenvalue weighted by Crippen LogP contribution is 2.25. The molecule has 0 radical (unpaired) electrons. The van der Waals surface area contributed by atoms with Crippen molar-refractivity contribution >= 4 is 0 Å². The Hall–Kier alpha value is -1.18. The van der Waals surface area contributed by atoms with Crippen LogP contribution in [0.15, 0.2) is 24.3 Å². The van der Waals surface area contributed by atoms with Gasteiger partial charge in [-0.25, -0.2) is 4.39 Å². The quantitative estimate of drug-likeness (QED) is 0.867. The highest BCUT2D eigenvalue weighted by Gasteiger charge is 2.39. The number of alkyl halides is 3. The van der Waals surface area contributed by atoms with Gasteiger partial charge in [-0.3, -0.25) is 4.90 Å². The summed E-state index contributed by atoms with van der Waals surface area (Å²) in [6, 6.07) is 5.65. The van der Waals surface area contributed by atoms with Crippen molar-refractivity contribution in [2.24, 2.45) is 0 Å². The van der Waals surface area contributed by atoms with Crippen LogP contribution >= 0.6 is 0 Å². The Kier molecular flexibility index (Phi) is 4.62. The fraction of sp³-hybridized carbons (Fsp3) is 0.538. The lowest BCUT2D eigenvalue weighted by Crippen LogP contribution is -2.46. The molecule has 1 aliphatic rings. The topological polar surface area (TPSA) is 32.7 Å². The third-order valence-electron chi connectivity index (χ3n) is 3.20. The van der Waals surface area contributed by atoms with Crippen LogP contribution in [-0.2, 0) is 4.74 Å². The average molecular weight is 293 g/mol. The van der Waals surface area contributed by atoms with Crippen molar-refractivity contribution in [3.63, 3.8) is 0 Å². The number of nitrogens with zero attached hydrogens (tertiary/aromatic N) is 1. The van der Waals surface area contributed by atoms with Gasteiger partial charge in [0.15, 0.2) is 6.10 Å². The van der Waals surface area contributed by atoms with Crippen molar-refractivity contribution in [3.05, 3.63) is 35.6 Å². The van der Waals surface area contributed by atoms with Crippen molar-refractivity contribution in [1.82, 2.24) is 4.90 Å². The van der Waals surface area contributed by atoms with E-state index in [0.29, 0.717) is 12.1 Å². The number of ether oxygens (including phenoxy) is 1.